The van der Waals surface area contributed by atoms with E-state index in [0.29, 0.717) is 6.07 Å². The van der Waals surface area contributed by atoms with Gasteiger partial charge in [-0.15, -0.1) is 0 Å². The lowest BCUT2D eigenvalue weighted by molar-refractivity contribution is -0.138. The summed E-state index contributed by atoms with van der Waals surface area (Å²) in [6.07, 6.45) is -4.73. The Labute approximate surface area is 83.4 Å². The monoisotopic (exact) mass is 222 g/mol. The molecule has 0 aromatic heterocycles. The van der Waals surface area contributed by atoms with Crippen molar-refractivity contribution in [3.05, 3.63) is 23.3 Å². The van der Waals surface area contributed by atoms with Crippen molar-refractivity contribution in [2.24, 2.45) is 0 Å². The fourth-order valence-electron chi connectivity index (χ4n) is 1.17. The molecule has 0 fully saturated rings. The minimum absolute atomic E-state index is 0.0163. The summed E-state index contributed by atoms with van der Waals surface area (Å²) in [4.78, 5) is 0. The lowest BCUT2D eigenvalue weighted by Gasteiger charge is -2.12. The van der Waals surface area contributed by atoms with Gasteiger partial charge in [-0.2, -0.15) is 13.2 Å². The maximum Gasteiger partial charge on any atom is 0.420 e. The first-order chi connectivity index (χ1) is 6.88. The van der Waals surface area contributed by atoms with E-state index in [0.717, 1.165) is 6.07 Å². The molecule has 0 aliphatic heterocycles. The predicted molar refractivity (Wildman–Crippen MR) is 45.6 cm³/mol. The Morgan fingerprint density at radius 3 is 2.13 bits per heavy atom. The molecule has 0 radical (unpaired) electrons. The van der Waals surface area contributed by atoms with Crippen LogP contribution in [0.4, 0.5) is 13.2 Å². The van der Waals surface area contributed by atoms with Crippen molar-refractivity contribution in [2.45, 2.75) is 12.6 Å². The second-order valence-corrected chi connectivity index (χ2v) is 2.94. The Kier molecular flexibility index (Phi) is 3.09. The van der Waals surface area contributed by atoms with Gasteiger partial charge in [0.1, 0.15) is 5.56 Å². The molecule has 84 valence electrons. The molecule has 0 atom stereocenters. The van der Waals surface area contributed by atoms with Gasteiger partial charge in [0, 0.05) is 12.2 Å². The van der Waals surface area contributed by atoms with Gasteiger partial charge < -0.3 is 15.3 Å². The van der Waals surface area contributed by atoms with E-state index in [1.807, 2.05) is 0 Å². The van der Waals surface area contributed by atoms with Crippen molar-refractivity contribution in [2.75, 3.05) is 6.61 Å². The number of phenolic OH excluding ortho intramolecular Hbond substituents is 2. The Hall–Kier alpha value is -1.43. The minimum Gasteiger partial charge on any atom is -0.504 e. The summed E-state index contributed by atoms with van der Waals surface area (Å²) in [6.45, 7) is -0.321. The van der Waals surface area contributed by atoms with Crippen LogP contribution in [-0.4, -0.2) is 21.9 Å². The number of phenols is 2. The first-order valence-electron chi connectivity index (χ1n) is 4.09. The summed E-state index contributed by atoms with van der Waals surface area (Å²) in [5, 5.41) is 26.8. The van der Waals surface area contributed by atoms with Crippen LogP contribution in [0.5, 0.6) is 11.5 Å². The molecule has 0 saturated carbocycles. The summed E-state index contributed by atoms with van der Waals surface area (Å²) < 4.78 is 36.7. The predicted octanol–water partition coefficient (Wildman–Crippen LogP) is 1.65. The average molecular weight is 222 g/mol. The van der Waals surface area contributed by atoms with Crippen molar-refractivity contribution < 1.29 is 28.5 Å². The van der Waals surface area contributed by atoms with E-state index >= 15 is 0 Å². The largest absolute Gasteiger partial charge is 0.504 e. The van der Waals surface area contributed by atoms with Gasteiger partial charge in [-0.1, -0.05) is 6.07 Å². The van der Waals surface area contributed by atoms with Gasteiger partial charge in [-0.3, -0.25) is 0 Å². The normalized spacial score (nSPS) is 11.7. The molecule has 1 rings (SSSR count). The van der Waals surface area contributed by atoms with E-state index in [-0.39, 0.29) is 18.6 Å². The third-order valence-corrected chi connectivity index (χ3v) is 1.92. The van der Waals surface area contributed by atoms with Gasteiger partial charge in [0.15, 0.2) is 11.5 Å². The van der Waals surface area contributed by atoms with E-state index in [4.69, 9.17) is 10.2 Å². The molecule has 1 aromatic rings. The van der Waals surface area contributed by atoms with Crippen LogP contribution in [0.3, 0.4) is 0 Å². The number of alkyl halides is 3. The Morgan fingerprint density at radius 2 is 1.67 bits per heavy atom. The fraction of sp³-hybridized carbons (Fsp3) is 0.333. The third-order valence-electron chi connectivity index (χ3n) is 1.92. The zero-order valence-corrected chi connectivity index (χ0v) is 7.54. The van der Waals surface area contributed by atoms with E-state index < -0.39 is 23.2 Å². The minimum atomic E-state index is -4.71. The molecule has 0 heterocycles. The molecule has 3 nitrogen and oxygen atoms in total. The number of hydrogen-bond donors (Lipinski definition) is 3. The number of rotatable bonds is 2. The van der Waals surface area contributed by atoms with Crippen molar-refractivity contribution in [3.8, 4) is 11.5 Å². The second kappa shape index (κ2) is 3.98. The van der Waals surface area contributed by atoms with Crippen LogP contribution in [0, 0.1) is 0 Å². The van der Waals surface area contributed by atoms with E-state index in [2.05, 4.69) is 0 Å². The fourth-order valence-corrected chi connectivity index (χ4v) is 1.17. The van der Waals surface area contributed by atoms with E-state index in [1.54, 1.807) is 0 Å². The van der Waals surface area contributed by atoms with Crippen LogP contribution in [0.1, 0.15) is 11.1 Å². The molecule has 0 saturated heterocycles. The zero-order valence-electron chi connectivity index (χ0n) is 7.54. The van der Waals surface area contributed by atoms with Crippen molar-refractivity contribution in [1.29, 1.82) is 0 Å². The number of benzene rings is 1. The van der Waals surface area contributed by atoms with Crippen LogP contribution < -0.4 is 0 Å². The van der Waals surface area contributed by atoms with E-state index in [1.165, 1.54) is 0 Å². The summed E-state index contributed by atoms with van der Waals surface area (Å²) in [5.74, 6) is -2.03. The molecule has 15 heavy (non-hydrogen) atoms. The number of aromatic hydroxyl groups is 2. The highest BCUT2D eigenvalue weighted by Crippen LogP contribution is 2.41. The van der Waals surface area contributed by atoms with Gasteiger partial charge >= 0.3 is 6.18 Å². The van der Waals surface area contributed by atoms with Gasteiger partial charge in [0.25, 0.3) is 0 Å². The van der Waals surface area contributed by atoms with Crippen molar-refractivity contribution in [3.63, 3.8) is 0 Å². The highest BCUT2D eigenvalue weighted by Gasteiger charge is 2.35. The van der Waals surface area contributed by atoms with Crippen molar-refractivity contribution in [1.82, 2.24) is 0 Å². The van der Waals surface area contributed by atoms with Crippen LogP contribution in [0.2, 0.25) is 0 Å². The molecule has 0 amide bonds. The Balaban J connectivity index is 3.21. The number of hydrogen-bond acceptors (Lipinski definition) is 3. The van der Waals surface area contributed by atoms with Crippen LogP contribution in [-0.2, 0) is 12.6 Å². The number of halogens is 3. The van der Waals surface area contributed by atoms with Gasteiger partial charge in [0.05, 0.1) is 0 Å². The molecule has 0 aliphatic rings. The molecule has 3 N–H and O–H groups in total. The molecule has 0 unspecified atom stereocenters. The molecule has 0 bridgehead atoms. The molecule has 1 aromatic carbocycles. The first kappa shape index (κ1) is 11.6. The maximum atomic E-state index is 12.2. The van der Waals surface area contributed by atoms with Crippen molar-refractivity contribution >= 4 is 0 Å². The first-order valence-corrected chi connectivity index (χ1v) is 4.09. The topological polar surface area (TPSA) is 60.7 Å². The third kappa shape index (κ3) is 2.33. The lowest BCUT2D eigenvalue weighted by Crippen LogP contribution is -2.06. The Morgan fingerprint density at radius 1 is 1.07 bits per heavy atom. The second-order valence-electron chi connectivity index (χ2n) is 2.94. The summed E-state index contributed by atoms with van der Waals surface area (Å²) >= 11 is 0. The van der Waals surface area contributed by atoms with Gasteiger partial charge in [0.2, 0.25) is 0 Å². The molecule has 6 heteroatoms. The Bertz CT molecular complexity index is 360. The van der Waals surface area contributed by atoms with Crippen LogP contribution in [0.25, 0.3) is 0 Å². The van der Waals surface area contributed by atoms with E-state index in [9.17, 15) is 18.3 Å². The molecule has 0 spiro atoms. The summed E-state index contributed by atoms with van der Waals surface area (Å²) in [6, 6.07) is 1.69. The average Bonchev–Trinajstić information content (AvgIpc) is 2.11. The molecular formula is C9H9F3O3. The highest BCUT2D eigenvalue weighted by molar-refractivity contribution is 5.51. The quantitative estimate of drug-likeness (QED) is 0.667. The van der Waals surface area contributed by atoms with Gasteiger partial charge in [-0.05, 0) is 12.5 Å². The highest BCUT2D eigenvalue weighted by atomic mass is 19.4. The standard InChI is InChI=1S/C9H9F3O3/c10-9(11,12)6-2-1-5(3-4-13)7(14)8(6)15/h1-2,13-15H,3-4H2. The maximum absolute atomic E-state index is 12.2. The smallest absolute Gasteiger partial charge is 0.420 e. The summed E-state index contributed by atoms with van der Waals surface area (Å²) in [5.41, 5.74) is -1.22. The van der Waals surface area contributed by atoms with Gasteiger partial charge in [-0.25, -0.2) is 0 Å². The summed E-state index contributed by atoms with van der Waals surface area (Å²) in [7, 11) is 0. The zero-order chi connectivity index (χ0) is 11.6. The van der Waals surface area contributed by atoms with Crippen LogP contribution >= 0.6 is 0 Å². The molecular weight excluding hydrogens is 213 g/mol. The lowest BCUT2D eigenvalue weighted by atomic mass is 10.1. The molecule has 0 aliphatic carbocycles. The number of aliphatic hydroxyl groups excluding tert-OH is 1. The SMILES string of the molecule is OCCc1ccc(C(F)(F)F)c(O)c1O. The van der Waals surface area contributed by atoms with Crippen LogP contribution in [0.15, 0.2) is 12.1 Å². The number of aliphatic hydroxyl groups is 1.